The highest BCUT2D eigenvalue weighted by atomic mass is 16.6. The topological polar surface area (TPSA) is 126 Å². The number of Topliss-reactive ketones (excluding diaryl/α,β-unsaturated/α-hetero) is 1. The van der Waals surface area contributed by atoms with E-state index in [2.05, 4.69) is 16.0 Å². The first-order valence-corrected chi connectivity index (χ1v) is 14.5. The number of carbonyl (C=O) groups is 4. The van der Waals surface area contributed by atoms with Crippen molar-refractivity contribution in [3.63, 3.8) is 0 Å². The predicted molar refractivity (Wildman–Crippen MR) is 162 cm³/mol. The number of nitrogens with one attached hydrogen (secondary N) is 3. The van der Waals surface area contributed by atoms with Crippen molar-refractivity contribution in [1.29, 1.82) is 0 Å². The second kappa shape index (κ2) is 14.6. The molecule has 9 nitrogen and oxygen atoms in total. The molecule has 0 radical (unpaired) electrons. The molecule has 0 aliphatic carbocycles. The first-order valence-electron chi connectivity index (χ1n) is 14.5. The lowest BCUT2D eigenvalue weighted by atomic mass is 9.94. The van der Waals surface area contributed by atoms with Gasteiger partial charge in [0.2, 0.25) is 11.8 Å². The van der Waals surface area contributed by atoms with Crippen molar-refractivity contribution in [2.45, 2.75) is 63.9 Å². The molecule has 43 heavy (non-hydrogen) atoms. The fourth-order valence-electron chi connectivity index (χ4n) is 4.70. The van der Waals surface area contributed by atoms with Gasteiger partial charge in [0.15, 0.2) is 5.78 Å². The molecule has 9 heteroatoms. The third-order valence-electron chi connectivity index (χ3n) is 7.37. The van der Waals surface area contributed by atoms with Crippen molar-refractivity contribution in [3.05, 3.63) is 108 Å². The highest BCUT2D eigenvalue weighted by Gasteiger charge is 2.50. The van der Waals surface area contributed by atoms with Crippen LogP contribution >= 0.6 is 0 Å². The molecule has 4 rings (SSSR count). The van der Waals surface area contributed by atoms with E-state index in [0.717, 1.165) is 16.7 Å². The van der Waals surface area contributed by atoms with E-state index >= 15 is 0 Å². The summed E-state index contributed by atoms with van der Waals surface area (Å²) in [5.41, 5.74) is 1.57. The Morgan fingerprint density at radius 3 is 1.67 bits per heavy atom. The van der Waals surface area contributed by atoms with Crippen LogP contribution < -0.4 is 16.0 Å². The number of benzene rings is 3. The van der Waals surface area contributed by atoms with E-state index in [-0.39, 0.29) is 31.1 Å². The minimum absolute atomic E-state index is 0.0532. The molecule has 3 aromatic rings. The van der Waals surface area contributed by atoms with Crippen LogP contribution in [-0.4, -0.2) is 54.0 Å². The molecule has 1 fully saturated rings. The summed E-state index contributed by atoms with van der Waals surface area (Å²) in [6, 6.07) is 25.1. The molecule has 1 unspecified atom stereocenters. The van der Waals surface area contributed by atoms with Gasteiger partial charge < -0.3 is 25.4 Å². The van der Waals surface area contributed by atoms with Gasteiger partial charge in [-0.05, 0) is 36.0 Å². The Hall–Kier alpha value is -4.50. The summed E-state index contributed by atoms with van der Waals surface area (Å²) < 4.78 is 10.7. The van der Waals surface area contributed by atoms with E-state index in [1.54, 1.807) is 20.8 Å². The number of ketones is 1. The van der Waals surface area contributed by atoms with E-state index in [1.165, 1.54) is 0 Å². The van der Waals surface area contributed by atoms with Crippen molar-refractivity contribution >= 4 is 23.7 Å². The third kappa shape index (κ3) is 9.24. The van der Waals surface area contributed by atoms with E-state index in [0.29, 0.717) is 6.61 Å². The fraction of sp³-hybridized carbons (Fsp3) is 0.353. The second-order valence-electron chi connectivity index (χ2n) is 11.3. The smallest absolute Gasteiger partial charge is 0.408 e. The third-order valence-corrected chi connectivity index (χ3v) is 7.37. The highest BCUT2D eigenvalue weighted by Crippen LogP contribution is 2.29. The van der Waals surface area contributed by atoms with Gasteiger partial charge in [0, 0.05) is 6.42 Å². The predicted octanol–water partition coefficient (Wildman–Crippen LogP) is 3.75. The van der Waals surface area contributed by atoms with Gasteiger partial charge in [-0.2, -0.15) is 0 Å². The molecule has 3 N–H and O–H groups in total. The molecule has 1 aliphatic rings. The Labute approximate surface area is 252 Å². The molecule has 0 aromatic heterocycles. The zero-order valence-electron chi connectivity index (χ0n) is 24.7. The molecule has 1 aliphatic heterocycles. The molecule has 0 bridgehead atoms. The molecule has 1 saturated heterocycles. The maximum absolute atomic E-state index is 13.8. The van der Waals surface area contributed by atoms with Crippen LogP contribution in [0, 0.1) is 5.92 Å². The summed E-state index contributed by atoms with van der Waals surface area (Å²) in [5, 5.41) is 8.35. The van der Waals surface area contributed by atoms with Crippen LogP contribution in [0.4, 0.5) is 4.79 Å². The lowest BCUT2D eigenvalue weighted by molar-refractivity contribution is -0.133. The van der Waals surface area contributed by atoms with Crippen LogP contribution in [0.5, 0.6) is 0 Å². The van der Waals surface area contributed by atoms with Gasteiger partial charge in [-0.15, -0.1) is 0 Å². The number of epoxide rings is 1. The van der Waals surface area contributed by atoms with Crippen LogP contribution in [-0.2, 0) is 43.3 Å². The van der Waals surface area contributed by atoms with Crippen molar-refractivity contribution < 1.29 is 28.7 Å². The zero-order chi connectivity index (χ0) is 30.8. The van der Waals surface area contributed by atoms with Gasteiger partial charge in [0.05, 0.1) is 12.6 Å². The van der Waals surface area contributed by atoms with Gasteiger partial charge in [-0.1, -0.05) is 105 Å². The summed E-state index contributed by atoms with van der Waals surface area (Å²) in [7, 11) is 0. The average molecular weight is 586 g/mol. The molecule has 3 amide bonds. The number of hydrogen-bond donors (Lipinski definition) is 3. The van der Waals surface area contributed by atoms with Crippen LogP contribution in [0.1, 0.15) is 37.5 Å². The number of hydrogen-bond acceptors (Lipinski definition) is 6. The summed E-state index contributed by atoms with van der Waals surface area (Å²) in [6.07, 6.45) is -0.283. The monoisotopic (exact) mass is 585 g/mol. The number of amides is 3. The Morgan fingerprint density at radius 2 is 1.19 bits per heavy atom. The Balaban J connectivity index is 1.48. The molecule has 226 valence electrons. The lowest BCUT2D eigenvalue weighted by Gasteiger charge is -2.27. The summed E-state index contributed by atoms with van der Waals surface area (Å²) >= 11 is 0. The Morgan fingerprint density at radius 1 is 0.721 bits per heavy atom. The first kappa shape index (κ1) is 31.4. The molecule has 4 atom stereocenters. The van der Waals surface area contributed by atoms with Gasteiger partial charge >= 0.3 is 6.09 Å². The van der Waals surface area contributed by atoms with E-state index < -0.39 is 41.6 Å². The van der Waals surface area contributed by atoms with Gasteiger partial charge in [-0.25, -0.2) is 4.79 Å². The lowest BCUT2D eigenvalue weighted by Crippen LogP contribution is -2.58. The normalized spacial score (nSPS) is 17.7. The summed E-state index contributed by atoms with van der Waals surface area (Å²) in [4.78, 5) is 53.3. The number of rotatable bonds is 14. The standard InChI is InChI=1S/C34H39N3O6/c1-23(2)29(37-33(41)42-21-26-17-11-6-12-18-26)32(40)36-28(20-25-15-9-5-10-16-25)31(39)35-27(30(38)34(3)22-43-34)19-24-13-7-4-8-14-24/h4-18,23,27-29H,19-22H2,1-3H3,(H,35,39)(H,36,40)(H,37,41)/t27-,28-,29?,34+/m0/s1. The van der Waals surface area contributed by atoms with Gasteiger partial charge in [-0.3, -0.25) is 14.4 Å². The summed E-state index contributed by atoms with van der Waals surface area (Å²) in [6.45, 7) is 5.63. The van der Waals surface area contributed by atoms with Crippen molar-refractivity contribution in [2.75, 3.05) is 6.61 Å². The molecule has 3 aromatic carbocycles. The van der Waals surface area contributed by atoms with Gasteiger partial charge in [0.1, 0.15) is 24.3 Å². The van der Waals surface area contributed by atoms with Crippen LogP contribution in [0.25, 0.3) is 0 Å². The average Bonchev–Trinajstić information content (AvgIpc) is 3.77. The SMILES string of the molecule is CC(C)C(NC(=O)OCc1ccccc1)C(=O)N[C@@H](Cc1ccccc1)C(=O)N[C@@H](Cc1ccccc1)C(=O)[C@@]1(C)CO1. The van der Waals surface area contributed by atoms with Crippen molar-refractivity contribution in [3.8, 4) is 0 Å². The Bertz CT molecular complexity index is 1380. The number of ether oxygens (including phenoxy) is 2. The van der Waals surface area contributed by atoms with Crippen molar-refractivity contribution in [2.24, 2.45) is 5.92 Å². The maximum atomic E-state index is 13.8. The second-order valence-corrected chi connectivity index (χ2v) is 11.3. The van der Waals surface area contributed by atoms with E-state index in [4.69, 9.17) is 9.47 Å². The molecule has 0 spiro atoms. The van der Waals surface area contributed by atoms with Crippen LogP contribution in [0.15, 0.2) is 91.0 Å². The summed E-state index contributed by atoms with van der Waals surface area (Å²) in [5.74, 6) is -1.57. The largest absolute Gasteiger partial charge is 0.445 e. The first-order chi connectivity index (χ1) is 20.6. The molecule has 1 heterocycles. The highest BCUT2D eigenvalue weighted by molar-refractivity contribution is 5.98. The molecular weight excluding hydrogens is 546 g/mol. The molecule has 0 saturated carbocycles. The minimum atomic E-state index is -1.02. The van der Waals surface area contributed by atoms with E-state index in [9.17, 15) is 19.2 Å². The van der Waals surface area contributed by atoms with Gasteiger partial charge in [0.25, 0.3) is 0 Å². The zero-order valence-corrected chi connectivity index (χ0v) is 24.7. The Kier molecular flexibility index (Phi) is 10.7. The minimum Gasteiger partial charge on any atom is -0.445 e. The van der Waals surface area contributed by atoms with Crippen molar-refractivity contribution in [1.82, 2.24) is 16.0 Å². The quantitative estimate of drug-likeness (QED) is 0.248. The van der Waals surface area contributed by atoms with Crippen LogP contribution in [0.3, 0.4) is 0 Å². The maximum Gasteiger partial charge on any atom is 0.408 e. The van der Waals surface area contributed by atoms with E-state index in [1.807, 2.05) is 91.0 Å². The number of carbonyl (C=O) groups excluding carboxylic acids is 4. The molecular formula is C34H39N3O6. The van der Waals surface area contributed by atoms with Crippen LogP contribution in [0.2, 0.25) is 0 Å². The number of alkyl carbamates (subject to hydrolysis) is 1. The fourth-order valence-corrected chi connectivity index (χ4v) is 4.70.